The first-order valence-electron chi connectivity index (χ1n) is 9.31. The van der Waals surface area contributed by atoms with E-state index in [-0.39, 0.29) is 17.5 Å². The number of rotatable bonds is 5. The normalized spacial score (nSPS) is 18.2. The highest BCUT2D eigenvalue weighted by Gasteiger charge is 2.26. The van der Waals surface area contributed by atoms with Crippen LogP contribution in [-0.2, 0) is 4.79 Å². The van der Waals surface area contributed by atoms with Gasteiger partial charge >= 0.3 is 5.97 Å². The van der Waals surface area contributed by atoms with E-state index in [2.05, 4.69) is 4.98 Å². The molecule has 1 saturated heterocycles. The molecule has 1 aliphatic carbocycles. The van der Waals surface area contributed by atoms with Crippen LogP contribution in [0.4, 0.5) is 0 Å². The molecule has 140 valence electrons. The molecule has 0 radical (unpaired) electrons. The highest BCUT2D eigenvalue weighted by atomic mass is 16.4. The van der Waals surface area contributed by atoms with Crippen molar-refractivity contribution in [3.05, 3.63) is 29.6 Å². The average Bonchev–Trinajstić information content (AvgIpc) is 3.19. The zero-order chi connectivity index (χ0) is 18.5. The molecule has 2 heterocycles. The van der Waals surface area contributed by atoms with Crippen LogP contribution in [0.15, 0.2) is 18.3 Å². The molecular formula is C19H25N3O4. The number of carbonyl (C=O) groups is 3. The summed E-state index contributed by atoms with van der Waals surface area (Å²) in [7, 11) is 0. The van der Waals surface area contributed by atoms with E-state index in [0.717, 1.165) is 6.42 Å². The van der Waals surface area contributed by atoms with E-state index in [1.165, 1.54) is 44.0 Å². The number of aromatic nitrogens is 1. The Morgan fingerprint density at radius 3 is 2.38 bits per heavy atom. The second kappa shape index (κ2) is 8.29. The molecule has 1 aliphatic heterocycles. The minimum absolute atomic E-state index is 0.142. The van der Waals surface area contributed by atoms with Crippen LogP contribution in [0, 0.1) is 5.92 Å². The van der Waals surface area contributed by atoms with Gasteiger partial charge in [0.1, 0.15) is 5.69 Å². The van der Waals surface area contributed by atoms with Crippen LogP contribution in [0.2, 0.25) is 0 Å². The molecule has 2 amide bonds. The maximum Gasteiger partial charge on any atom is 0.354 e. The van der Waals surface area contributed by atoms with Gasteiger partial charge in [0, 0.05) is 44.4 Å². The molecule has 2 aliphatic rings. The number of piperazine rings is 1. The number of aromatic carboxylic acids is 1. The molecule has 26 heavy (non-hydrogen) atoms. The Hall–Kier alpha value is -2.44. The van der Waals surface area contributed by atoms with Gasteiger partial charge in [0.15, 0.2) is 0 Å². The second-order valence-corrected chi connectivity index (χ2v) is 7.10. The van der Waals surface area contributed by atoms with E-state index in [1.54, 1.807) is 4.90 Å². The van der Waals surface area contributed by atoms with Gasteiger partial charge in [-0.1, -0.05) is 25.7 Å². The van der Waals surface area contributed by atoms with Crippen molar-refractivity contribution in [3.63, 3.8) is 0 Å². The lowest BCUT2D eigenvalue weighted by Crippen LogP contribution is -2.50. The Balaban J connectivity index is 1.49. The van der Waals surface area contributed by atoms with Crippen molar-refractivity contribution in [2.75, 3.05) is 26.2 Å². The molecule has 0 unspecified atom stereocenters. The summed E-state index contributed by atoms with van der Waals surface area (Å²) >= 11 is 0. The molecule has 1 aromatic heterocycles. The van der Waals surface area contributed by atoms with Gasteiger partial charge in [0.05, 0.1) is 0 Å². The van der Waals surface area contributed by atoms with Crippen LogP contribution in [0.25, 0.3) is 0 Å². The zero-order valence-electron chi connectivity index (χ0n) is 14.9. The van der Waals surface area contributed by atoms with Crippen molar-refractivity contribution < 1.29 is 19.5 Å². The van der Waals surface area contributed by atoms with Crippen LogP contribution in [0.5, 0.6) is 0 Å². The number of nitrogens with zero attached hydrogens (tertiary/aromatic N) is 3. The molecule has 1 N–H and O–H groups in total. The van der Waals surface area contributed by atoms with Gasteiger partial charge in [-0.3, -0.25) is 9.59 Å². The standard InChI is InChI=1S/C19H25N3O4/c23-17(6-5-14-3-1-2-4-14)21-9-11-22(12-10-21)18(24)15-7-8-20-16(13-15)19(25)26/h7-8,13-14H,1-6,9-12H2,(H,25,26). The fourth-order valence-corrected chi connectivity index (χ4v) is 3.81. The summed E-state index contributed by atoms with van der Waals surface area (Å²) < 4.78 is 0. The number of pyridine rings is 1. The predicted octanol–water partition coefficient (Wildman–Crippen LogP) is 2.03. The second-order valence-electron chi connectivity index (χ2n) is 7.10. The Bertz CT molecular complexity index is 677. The van der Waals surface area contributed by atoms with Crippen LogP contribution in [0.1, 0.15) is 59.4 Å². The van der Waals surface area contributed by atoms with Crippen LogP contribution in [0.3, 0.4) is 0 Å². The third-order valence-corrected chi connectivity index (χ3v) is 5.39. The van der Waals surface area contributed by atoms with Crippen molar-refractivity contribution in [1.82, 2.24) is 14.8 Å². The van der Waals surface area contributed by atoms with Crippen molar-refractivity contribution in [1.29, 1.82) is 0 Å². The van der Waals surface area contributed by atoms with Crippen molar-refractivity contribution in [2.24, 2.45) is 5.92 Å². The summed E-state index contributed by atoms with van der Waals surface area (Å²) in [6.45, 7) is 2.01. The van der Waals surface area contributed by atoms with Gasteiger partial charge in [-0.2, -0.15) is 0 Å². The summed E-state index contributed by atoms with van der Waals surface area (Å²) in [4.78, 5) is 43.2. The van der Waals surface area contributed by atoms with Gasteiger partial charge < -0.3 is 14.9 Å². The Labute approximate surface area is 153 Å². The van der Waals surface area contributed by atoms with Gasteiger partial charge in [-0.25, -0.2) is 9.78 Å². The summed E-state index contributed by atoms with van der Waals surface area (Å²) in [6.07, 6.45) is 7.99. The van der Waals surface area contributed by atoms with Crippen molar-refractivity contribution >= 4 is 17.8 Å². The molecule has 0 atom stereocenters. The quantitative estimate of drug-likeness (QED) is 0.869. The van der Waals surface area contributed by atoms with Crippen molar-refractivity contribution in [2.45, 2.75) is 38.5 Å². The maximum atomic E-state index is 12.6. The van der Waals surface area contributed by atoms with Gasteiger partial charge in [-0.15, -0.1) is 0 Å². The van der Waals surface area contributed by atoms with Gasteiger partial charge in [0.2, 0.25) is 5.91 Å². The lowest BCUT2D eigenvalue weighted by atomic mass is 10.0. The Kier molecular flexibility index (Phi) is 5.85. The topological polar surface area (TPSA) is 90.8 Å². The maximum absolute atomic E-state index is 12.6. The third-order valence-electron chi connectivity index (χ3n) is 5.39. The first-order chi connectivity index (χ1) is 12.5. The summed E-state index contributed by atoms with van der Waals surface area (Å²) in [5.41, 5.74) is 0.176. The minimum Gasteiger partial charge on any atom is -0.477 e. The number of hydrogen-bond donors (Lipinski definition) is 1. The monoisotopic (exact) mass is 359 g/mol. The number of carboxylic acids is 1. The lowest BCUT2D eigenvalue weighted by molar-refractivity contribution is -0.133. The van der Waals surface area contributed by atoms with E-state index in [4.69, 9.17) is 5.11 Å². The van der Waals surface area contributed by atoms with E-state index < -0.39 is 5.97 Å². The lowest BCUT2D eigenvalue weighted by Gasteiger charge is -2.35. The Morgan fingerprint density at radius 2 is 1.73 bits per heavy atom. The molecule has 7 heteroatoms. The van der Waals surface area contributed by atoms with E-state index >= 15 is 0 Å². The number of hydrogen-bond acceptors (Lipinski definition) is 4. The summed E-state index contributed by atoms with van der Waals surface area (Å²) in [5.74, 6) is -0.483. The van der Waals surface area contributed by atoms with Crippen LogP contribution >= 0.6 is 0 Å². The van der Waals surface area contributed by atoms with Crippen LogP contribution < -0.4 is 0 Å². The van der Waals surface area contributed by atoms with E-state index in [9.17, 15) is 14.4 Å². The van der Waals surface area contributed by atoms with Crippen molar-refractivity contribution in [3.8, 4) is 0 Å². The molecule has 3 rings (SSSR count). The molecule has 0 aromatic carbocycles. The van der Waals surface area contributed by atoms with Gasteiger partial charge in [0.25, 0.3) is 5.91 Å². The fraction of sp³-hybridized carbons (Fsp3) is 0.579. The highest BCUT2D eigenvalue weighted by molar-refractivity contribution is 5.96. The molecule has 0 bridgehead atoms. The van der Waals surface area contributed by atoms with Gasteiger partial charge in [-0.05, 0) is 24.5 Å². The summed E-state index contributed by atoms with van der Waals surface area (Å²) in [5, 5.41) is 8.99. The number of amides is 2. The molecule has 0 spiro atoms. The summed E-state index contributed by atoms with van der Waals surface area (Å²) in [6, 6.07) is 2.82. The molecule has 7 nitrogen and oxygen atoms in total. The molecular weight excluding hydrogens is 334 g/mol. The number of carbonyl (C=O) groups excluding carboxylic acids is 2. The fourth-order valence-electron chi connectivity index (χ4n) is 3.81. The third kappa shape index (κ3) is 4.39. The first-order valence-corrected chi connectivity index (χ1v) is 9.31. The SMILES string of the molecule is O=C(O)c1cc(C(=O)N2CCN(C(=O)CCC3CCCC3)CC2)ccn1. The number of carboxylic acid groups (broad SMARTS) is 1. The average molecular weight is 359 g/mol. The van der Waals surface area contributed by atoms with E-state index in [0.29, 0.717) is 44.1 Å². The largest absolute Gasteiger partial charge is 0.477 e. The first kappa shape index (κ1) is 18.4. The smallest absolute Gasteiger partial charge is 0.354 e. The zero-order valence-corrected chi connectivity index (χ0v) is 14.9. The Morgan fingerprint density at radius 1 is 1.08 bits per heavy atom. The van der Waals surface area contributed by atoms with Crippen LogP contribution in [-0.4, -0.2) is 63.9 Å². The predicted molar refractivity (Wildman–Crippen MR) is 94.9 cm³/mol. The minimum atomic E-state index is -1.16. The van der Waals surface area contributed by atoms with E-state index in [1.807, 2.05) is 4.90 Å². The highest BCUT2D eigenvalue weighted by Crippen LogP contribution is 2.28. The molecule has 1 aromatic rings. The molecule has 1 saturated carbocycles. The molecule has 2 fully saturated rings.